The topological polar surface area (TPSA) is 130 Å². The first-order valence-corrected chi connectivity index (χ1v) is 18.5. The average Bonchev–Trinajstić information content (AvgIpc) is 3.72. The number of para-hydroxylation sites is 1. The number of aromatic nitrogens is 3. The minimum absolute atomic E-state index is 0.247. The van der Waals surface area contributed by atoms with Gasteiger partial charge in [-0.3, -0.25) is 24.6 Å². The van der Waals surface area contributed by atoms with E-state index >= 15 is 0 Å². The summed E-state index contributed by atoms with van der Waals surface area (Å²) < 4.78 is 7.04. The quantitative estimate of drug-likeness (QED) is 0.111. The molecule has 1 saturated heterocycles. The summed E-state index contributed by atoms with van der Waals surface area (Å²) in [5.41, 5.74) is 4.13. The van der Waals surface area contributed by atoms with Gasteiger partial charge in [0.05, 0.1) is 24.4 Å². The number of hydrogen-bond donors (Lipinski definition) is 3. The molecule has 1 fully saturated rings. The lowest BCUT2D eigenvalue weighted by atomic mass is 10.1. The van der Waals surface area contributed by atoms with E-state index in [2.05, 4.69) is 44.7 Å². The predicted molar refractivity (Wildman–Crippen MR) is 208 cm³/mol. The molecule has 3 N–H and O–H groups in total. The Hall–Kier alpha value is -4.88. The van der Waals surface area contributed by atoms with Crippen molar-refractivity contribution in [2.45, 2.75) is 26.7 Å². The van der Waals surface area contributed by atoms with Crippen molar-refractivity contribution in [2.24, 2.45) is 13.0 Å². The Morgan fingerprint density at radius 2 is 1.73 bits per heavy atom. The third kappa shape index (κ3) is 9.51. The SMILES string of the molecule is CC(C)CCc1sc(NC(=O)c2cc(NC(=O)c3ccc(/C=C/c4cc5ccccc5nc4Cl)cc3)cn2C)nc1C(=O)NCCN1CCOCC1. The number of anilines is 2. The number of amides is 3. The van der Waals surface area contributed by atoms with Crippen LogP contribution in [0.2, 0.25) is 5.15 Å². The van der Waals surface area contributed by atoms with Crippen molar-refractivity contribution in [3.05, 3.63) is 105 Å². The molecule has 6 rings (SSSR count). The number of halogens is 1. The second-order valence-electron chi connectivity index (χ2n) is 13.1. The number of carbonyl (C=O) groups excluding carboxylic acids is 3. The van der Waals surface area contributed by atoms with E-state index in [0.29, 0.717) is 65.0 Å². The first kappa shape index (κ1) is 36.9. The summed E-state index contributed by atoms with van der Waals surface area (Å²) in [4.78, 5) is 51.8. The molecule has 1 aliphatic heterocycles. The number of nitrogens with zero attached hydrogens (tertiary/aromatic N) is 4. The highest BCUT2D eigenvalue weighted by Crippen LogP contribution is 2.27. The van der Waals surface area contributed by atoms with E-state index in [1.807, 2.05) is 54.6 Å². The number of fused-ring (bicyclic) bond motifs is 1. The lowest BCUT2D eigenvalue weighted by molar-refractivity contribution is 0.0383. The normalized spacial score (nSPS) is 13.6. The summed E-state index contributed by atoms with van der Waals surface area (Å²) in [6.45, 7) is 8.60. The first-order chi connectivity index (χ1) is 25.1. The molecule has 0 spiro atoms. The molecule has 0 unspecified atom stereocenters. The molecule has 52 heavy (non-hydrogen) atoms. The lowest BCUT2D eigenvalue weighted by Gasteiger charge is -2.26. The van der Waals surface area contributed by atoms with Crippen LogP contribution in [0, 0.1) is 5.92 Å². The summed E-state index contributed by atoms with van der Waals surface area (Å²) in [6.07, 6.45) is 7.07. The van der Waals surface area contributed by atoms with Gasteiger partial charge in [0.25, 0.3) is 17.7 Å². The van der Waals surface area contributed by atoms with Crippen molar-refractivity contribution in [3.63, 3.8) is 0 Å². The molecule has 2 aromatic carbocycles. The summed E-state index contributed by atoms with van der Waals surface area (Å²) in [5, 5.41) is 10.5. The highest BCUT2D eigenvalue weighted by atomic mass is 35.5. The van der Waals surface area contributed by atoms with E-state index in [9.17, 15) is 14.4 Å². The highest BCUT2D eigenvalue weighted by Gasteiger charge is 2.22. The third-order valence-electron chi connectivity index (χ3n) is 8.73. The van der Waals surface area contributed by atoms with E-state index in [4.69, 9.17) is 16.3 Å². The Morgan fingerprint density at radius 1 is 0.962 bits per heavy atom. The Balaban J connectivity index is 1.07. The second kappa shape index (κ2) is 17.1. The molecule has 0 saturated carbocycles. The standard InChI is InChI=1S/C39H42ClN7O4S/c1-25(2)8-15-33-34(38(50)41-16-17-47-18-20-51-21-19-47)44-39(52-33)45-37(49)32-23-30(24-46(32)3)42-36(48)27-12-9-26(10-13-27)11-14-29-22-28-6-4-5-7-31(28)43-35(29)40/h4-7,9-14,22-25H,8,15-21H2,1-3H3,(H,41,50)(H,42,48)(H,44,45,49)/b14-11+. The zero-order chi connectivity index (χ0) is 36.6. The minimum atomic E-state index is -0.399. The average molecular weight is 740 g/mol. The summed E-state index contributed by atoms with van der Waals surface area (Å²) in [6, 6.07) is 18.6. The van der Waals surface area contributed by atoms with E-state index in [0.717, 1.165) is 53.0 Å². The van der Waals surface area contributed by atoms with Crippen molar-refractivity contribution in [1.29, 1.82) is 0 Å². The van der Waals surface area contributed by atoms with Crippen molar-refractivity contribution in [2.75, 3.05) is 50.0 Å². The Kier molecular flexibility index (Phi) is 12.1. The molecular formula is C39H42ClN7O4S. The van der Waals surface area contributed by atoms with Crippen molar-refractivity contribution in [1.82, 2.24) is 24.8 Å². The Labute approximate surface area is 312 Å². The molecule has 0 atom stereocenters. The van der Waals surface area contributed by atoms with Gasteiger partial charge in [-0.05, 0) is 54.7 Å². The number of thiazole rings is 1. The van der Waals surface area contributed by atoms with E-state index in [1.54, 1.807) is 36.0 Å². The fraction of sp³-hybridized carbons (Fsp3) is 0.308. The molecule has 0 bridgehead atoms. The molecule has 4 heterocycles. The van der Waals surface area contributed by atoms with Gasteiger partial charge in [-0.25, -0.2) is 9.97 Å². The Bertz CT molecular complexity index is 2080. The maximum atomic E-state index is 13.4. The smallest absolute Gasteiger partial charge is 0.274 e. The van der Waals surface area contributed by atoms with Crippen molar-refractivity contribution < 1.29 is 19.1 Å². The van der Waals surface area contributed by atoms with Gasteiger partial charge in [0.1, 0.15) is 16.5 Å². The van der Waals surface area contributed by atoms with Gasteiger partial charge >= 0.3 is 0 Å². The maximum absolute atomic E-state index is 13.4. The third-order valence-corrected chi connectivity index (χ3v) is 10.1. The van der Waals surface area contributed by atoms with Gasteiger partial charge in [0.2, 0.25) is 0 Å². The largest absolute Gasteiger partial charge is 0.379 e. The number of aryl methyl sites for hydroxylation is 2. The minimum Gasteiger partial charge on any atom is -0.379 e. The molecular weight excluding hydrogens is 698 g/mol. The van der Waals surface area contributed by atoms with Crippen LogP contribution in [0.1, 0.15) is 67.6 Å². The van der Waals surface area contributed by atoms with Gasteiger partial charge in [-0.1, -0.05) is 67.9 Å². The van der Waals surface area contributed by atoms with Crippen LogP contribution in [0.4, 0.5) is 10.8 Å². The molecule has 270 valence electrons. The summed E-state index contributed by atoms with van der Waals surface area (Å²) in [7, 11) is 1.73. The van der Waals surface area contributed by atoms with Gasteiger partial charge in [0, 0.05) is 60.8 Å². The van der Waals surface area contributed by atoms with Crippen molar-refractivity contribution >= 4 is 74.5 Å². The lowest BCUT2D eigenvalue weighted by Crippen LogP contribution is -2.41. The Morgan fingerprint density at radius 3 is 2.50 bits per heavy atom. The van der Waals surface area contributed by atoms with Crippen LogP contribution in [0.3, 0.4) is 0 Å². The molecule has 13 heteroatoms. The molecule has 0 aliphatic carbocycles. The first-order valence-electron chi connectivity index (χ1n) is 17.3. The number of ether oxygens (including phenoxy) is 1. The van der Waals surface area contributed by atoms with E-state index in [-0.39, 0.29) is 11.8 Å². The number of carbonyl (C=O) groups is 3. The molecule has 1 aliphatic rings. The number of morpholine rings is 1. The zero-order valence-electron chi connectivity index (χ0n) is 29.4. The molecule has 3 amide bonds. The van der Waals surface area contributed by atoms with Gasteiger partial charge in [-0.2, -0.15) is 0 Å². The van der Waals surface area contributed by atoms with Crippen LogP contribution in [0.25, 0.3) is 23.1 Å². The van der Waals surface area contributed by atoms with Crippen LogP contribution < -0.4 is 16.0 Å². The molecule has 0 radical (unpaired) electrons. The van der Waals surface area contributed by atoms with E-state index < -0.39 is 5.91 Å². The maximum Gasteiger partial charge on any atom is 0.274 e. The van der Waals surface area contributed by atoms with Gasteiger partial charge < -0.3 is 19.9 Å². The van der Waals surface area contributed by atoms with Crippen molar-refractivity contribution in [3.8, 4) is 0 Å². The predicted octanol–water partition coefficient (Wildman–Crippen LogP) is 7.01. The molecule has 11 nitrogen and oxygen atoms in total. The number of benzene rings is 2. The number of pyridine rings is 1. The fourth-order valence-corrected chi connectivity index (χ4v) is 6.97. The van der Waals surface area contributed by atoms with Crippen LogP contribution >= 0.6 is 22.9 Å². The van der Waals surface area contributed by atoms with Gasteiger partial charge in [0.15, 0.2) is 5.13 Å². The van der Waals surface area contributed by atoms with Gasteiger partial charge in [-0.15, -0.1) is 11.3 Å². The monoisotopic (exact) mass is 739 g/mol. The summed E-state index contributed by atoms with van der Waals surface area (Å²) in [5.74, 6) is -0.510. The number of nitrogens with one attached hydrogen (secondary N) is 3. The van der Waals surface area contributed by atoms with Crippen LogP contribution in [-0.4, -0.2) is 76.5 Å². The highest BCUT2D eigenvalue weighted by molar-refractivity contribution is 7.16. The number of rotatable bonds is 13. The number of hydrogen-bond acceptors (Lipinski definition) is 8. The zero-order valence-corrected chi connectivity index (χ0v) is 31.0. The van der Waals surface area contributed by atoms with Crippen LogP contribution in [0.5, 0.6) is 0 Å². The second-order valence-corrected chi connectivity index (χ2v) is 14.5. The molecule has 5 aromatic rings. The van der Waals surface area contributed by atoms with Crippen LogP contribution in [0.15, 0.2) is 66.9 Å². The molecule has 3 aromatic heterocycles. The summed E-state index contributed by atoms with van der Waals surface area (Å²) >= 11 is 7.71. The van der Waals surface area contributed by atoms with Crippen LogP contribution in [-0.2, 0) is 18.2 Å². The van der Waals surface area contributed by atoms with E-state index in [1.165, 1.54) is 11.3 Å². The fourth-order valence-electron chi connectivity index (χ4n) is 5.79.